The number of hydrogen-bond acceptors (Lipinski definition) is 4. The highest BCUT2D eigenvalue weighted by molar-refractivity contribution is 6.35. The molecule has 0 spiro atoms. The van der Waals surface area contributed by atoms with Crippen LogP contribution in [0.1, 0.15) is 17.2 Å². The highest BCUT2D eigenvalue weighted by Crippen LogP contribution is 2.40. The summed E-state index contributed by atoms with van der Waals surface area (Å²) in [7, 11) is 5.10. The standard InChI is InChI=1S/C14H19Cl2NO3/c1-17(7-13(19-2)20-3)14-10-4-8(15)5-11(16)9(10)6-12(14)18/h4-5,12-14,18H,6-7H2,1-3H3/t12-,14+/m1/s1. The molecular formula is C14H19Cl2NO3. The van der Waals surface area contributed by atoms with E-state index >= 15 is 0 Å². The van der Waals surface area contributed by atoms with Crippen molar-refractivity contribution in [3.8, 4) is 0 Å². The van der Waals surface area contributed by atoms with Crippen LogP contribution in [0.3, 0.4) is 0 Å². The van der Waals surface area contributed by atoms with Crippen LogP contribution in [0.5, 0.6) is 0 Å². The van der Waals surface area contributed by atoms with Crippen molar-refractivity contribution in [1.29, 1.82) is 0 Å². The molecule has 6 heteroatoms. The Morgan fingerprint density at radius 2 is 2.00 bits per heavy atom. The molecule has 2 atom stereocenters. The van der Waals surface area contributed by atoms with Gasteiger partial charge in [-0.05, 0) is 30.3 Å². The van der Waals surface area contributed by atoms with Gasteiger partial charge in [-0.3, -0.25) is 4.90 Å². The molecule has 4 nitrogen and oxygen atoms in total. The lowest BCUT2D eigenvalue weighted by molar-refractivity contribution is -0.121. The van der Waals surface area contributed by atoms with Crippen LogP contribution in [0.4, 0.5) is 0 Å². The highest BCUT2D eigenvalue weighted by Gasteiger charge is 2.36. The molecule has 2 rings (SSSR count). The van der Waals surface area contributed by atoms with E-state index < -0.39 is 6.10 Å². The quantitative estimate of drug-likeness (QED) is 0.847. The van der Waals surface area contributed by atoms with E-state index in [1.807, 2.05) is 18.0 Å². The second-order valence-electron chi connectivity index (χ2n) is 5.01. The third kappa shape index (κ3) is 3.11. The van der Waals surface area contributed by atoms with Gasteiger partial charge in [-0.1, -0.05) is 23.2 Å². The molecule has 0 aliphatic heterocycles. The molecule has 0 saturated carbocycles. The van der Waals surface area contributed by atoms with Gasteiger partial charge in [0.25, 0.3) is 0 Å². The van der Waals surface area contributed by atoms with E-state index in [4.69, 9.17) is 32.7 Å². The maximum absolute atomic E-state index is 10.3. The zero-order chi connectivity index (χ0) is 14.9. The molecule has 0 bridgehead atoms. The van der Waals surface area contributed by atoms with Crippen molar-refractivity contribution in [1.82, 2.24) is 4.90 Å². The minimum atomic E-state index is -0.514. The SMILES string of the molecule is COC(CN(C)[C@H]1c2cc(Cl)cc(Cl)c2C[C@H]1O)OC. The van der Waals surface area contributed by atoms with Crippen molar-refractivity contribution in [2.45, 2.75) is 24.9 Å². The topological polar surface area (TPSA) is 41.9 Å². The predicted octanol–water partition coefficient (Wildman–Crippen LogP) is 2.50. The maximum Gasteiger partial charge on any atom is 0.169 e. The van der Waals surface area contributed by atoms with E-state index in [0.29, 0.717) is 23.0 Å². The average Bonchev–Trinajstić information content (AvgIpc) is 2.72. The lowest BCUT2D eigenvalue weighted by Crippen LogP contribution is -2.38. The average molecular weight is 320 g/mol. The minimum Gasteiger partial charge on any atom is -0.391 e. The molecule has 1 aromatic rings. The van der Waals surface area contributed by atoms with Gasteiger partial charge < -0.3 is 14.6 Å². The lowest BCUT2D eigenvalue weighted by Gasteiger charge is -2.30. The summed E-state index contributed by atoms with van der Waals surface area (Å²) in [6.45, 7) is 0.540. The molecule has 1 N–H and O–H groups in total. The number of fused-ring (bicyclic) bond motifs is 1. The monoisotopic (exact) mass is 319 g/mol. The summed E-state index contributed by atoms with van der Waals surface area (Å²) in [5, 5.41) is 11.5. The zero-order valence-electron chi connectivity index (χ0n) is 11.8. The molecule has 0 radical (unpaired) electrons. The van der Waals surface area contributed by atoms with Gasteiger partial charge in [0.2, 0.25) is 0 Å². The first-order valence-electron chi connectivity index (χ1n) is 6.39. The Morgan fingerprint density at radius 3 is 2.60 bits per heavy atom. The number of likely N-dealkylation sites (N-methyl/N-ethyl adjacent to an activating group) is 1. The molecule has 1 aromatic carbocycles. The summed E-state index contributed by atoms with van der Waals surface area (Å²) < 4.78 is 10.4. The summed E-state index contributed by atoms with van der Waals surface area (Å²) in [5.41, 5.74) is 1.94. The van der Waals surface area contributed by atoms with Gasteiger partial charge in [0.15, 0.2) is 6.29 Å². The molecule has 1 aliphatic carbocycles. The Balaban J connectivity index is 2.26. The van der Waals surface area contributed by atoms with Crippen LogP contribution in [0.15, 0.2) is 12.1 Å². The molecule has 112 valence electrons. The van der Waals surface area contributed by atoms with Gasteiger partial charge in [0.05, 0.1) is 12.1 Å². The largest absolute Gasteiger partial charge is 0.391 e. The third-order valence-corrected chi connectivity index (χ3v) is 4.28. The van der Waals surface area contributed by atoms with Crippen LogP contribution in [-0.4, -0.2) is 50.2 Å². The van der Waals surface area contributed by atoms with Gasteiger partial charge in [-0.15, -0.1) is 0 Å². The number of aliphatic hydroxyl groups excluding tert-OH is 1. The van der Waals surface area contributed by atoms with Crippen LogP contribution in [0.2, 0.25) is 10.0 Å². The summed E-state index contributed by atoms with van der Waals surface area (Å²) >= 11 is 12.3. The van der Waals surface area contributed by atoms with Crippen LogP contribution >= 0.6 is 23.2 Å². The first-order chi connectivity index (χ1) is 9.47. The van der Waals surface area contributed by atoms with Gasteiger partial charge >= 0.3 is 0 Å². The Bertz CT molecular complexity index is 480. The van der Waals surface area contributed by atoms with Crippen LogP contribution in [0.25, 0.3) is 0 Å². The molecular weight excluding hydrogens is 301 g/mol. The first kappa shape index (κ1) is 16.0. The Labute approximate surface area is 129 Å². The second-order valence-corrected chi connectivity index (χ2v) is 5.86. The van der Waals surface area contributed by atoms with Crippen molar-refractivity contribution in [3.05, 3.63) is 33.3 Å². The minimum absolute atomic E-state index is 0.158. The fraction of sp³-hybridized carbons (Fsp3) is 0.571. The summed E-state index contributed by atoms with van der Waals surface area (Å²) in [6, 6.07) is 3.42. The van der Waals surface area contributed by atoms with Gasteiger partial charge in [-0.2, -0.15) is 0 Å². The van der Waals surface area contributed by atoms with Gasteiger partial charge in [0, 0.05) is 37.2 Å². The summed E-state index contributed by atoms with van der Waals surface area (Å²) in [6.07, 6.45) is -0.323. The van der Waals surface area contributed by atoms with E-state index in [2.05, 4.69) is 0 Å². The Kier molecular flexibility index (Phi) is 5.29. The molecule has 0 unspecified atom stereocenters. The Hall–Kier alpha value is -0.360. The first-order valence-corrected chi connectivity index (χ1v) is 7.15. The van der Waals surface area contributed by atoms with Crippen LogP contribution in [-0.2, 0) is 15.9 Å². The molecule has 0 fully saturated rings. The fourth-order valence-electron chi connectivity index (χ4n) is 2.76. The summed E-state index contributed by atoms with van der Waals surface area (Å²) in [5.74, 6) is 0. The number of methoxy groups -OCH3 is 2. The lowest BCUT2D eigenvalue weighted by atomic mass is 10.1. The fourth-order valence-corrected chi connectivity index (χ4v) is 3.34. The van der Waals surface area contributed by atoms with E-state index in [-0.39, 0.29) is 12.3 Å². The van der Waals surface area contributed by atoms with Crippen molar-refractivity contribution >= 4 is 23.2 Å². The molecule has 0 aromatic heterocycles. The van der Waals surface area contributed by atoms with Crippen molar-refractivity contribution in [2.24, 2.45) is 0 Å². The van der Waals surface area contributed by atoms with Gasteiger partial charge in [-0.25, -0.2) is 0 Å². The smallest absolute Gasteiger partial charge is 0.169 e. The maximum atomic E-state index is 10.3. The van der Waals surface area contributed by atoms with Gasteiger partial charge in [0.1, 0.15) is 0 Å². The number of aliphatic hydroxyl groups is 1. The van der Waals surface area contributed by atoms with Crippen LogP contribution in [0, 0.1) is 0 Å². The van der Waals surface area contributed by atoms with E-state index in [9.17, 15) is 5.11 Å². The van der Waals surface area contributed by atoms with E-state index in [1.54, 1.807) is 20.3 Å². The Morgan fingerprint density at radius 1 is 1.35 bits per heavy atom. The number of benzene rings is 1. The number of nitrogens with zero attached hydrogens (tertiary/aromatic N) is 1. The molecule has 0 saturated heterocycles. The third-order valence-electron chi connectivity index (χ3n) is 3.73. The molecule has 0 heterocycles. The van der Waals surface area contributed by atoms with Crippen LogP contribution < -0.4 is 0 Å². The predicted molar refractivity (Wildman–Crippen MR) is 79.3 cm³/mol. The molecule has 1 aliphatic rings. The molecule has 20 heavy (non-hydrogen) atoms. The number of rotatable bonds is 5. The van der Waals surface area contributed by atoms with E-state index in [0.717, 1.165) is 11.1 Å². The number of hydrogen-bond donors (Lipinski definition) is 1. The normalized spacial score (nSPS) is 21.8. The van der Waals surface area contributed by atoms with Crippen molar-refractivity contribution in [3.63, 3.8) is 0 Å². The number of halogens is 2. The zero-order valence-corrected chi connectivity index (χ0v) is 13.3. The van der Waals surface area contributed by atoms with Crippen molar-refractivity contribution < 1.29 is 14.6 Å². The van der Waals surface area contributed by atoms with Crippen molar-refractivity contribution in [2.75, 3.05) is 27.8 Å². The second kappa shape index (κ2) is 6.60. The number of ether oxygens (including phenoxy) is 2. The highest BCUT2D eigenvalue weighted by atomic mass is 35.5. The summed E-state index contributed by atoms with van der Waals surface area (Å²) in [4.78, 5) is 2.00. The van der Waals surface area contributed by atoms with E-state index in [1.165, 1.54) is 0 Å². The molecule has 0 amide bonds.